The number of sulfonamides is 1. The zero-order valence-electron chi connectivity index (χ0n) is 18.9. The van der Waals surface area contributed by atoms with Crippen molar-refractivity contribution in [2.75, 3.05) is 45.2 Å². The van der Waals surface area contributed by atoms with Crippen LogP contribution in [0.4, 0.5) is 18.9 Å². The van der Waals surface area contributed by atoms with Crippen LogP contribution in [0.5, 0.6) is 0 Å². The van der Waals surface area contributed by atoms with E-state index in [9.17, 15) is 21.6 Å². The number of hydrogen-bond acceptors (Lipinski definition) is 5. The lowest BCUT2D eigenvalue weighted by atomic mass is 10.1. The summed E-state index contributed by atoms with van der Waals surface area (Å²) < 4.78 is 65.6. The van der Waals surface area contributed by atoms with Gasteiger partial charge in [0.2, 0.25) is 5.36 Å². The van der Waals surface area contributed by atoms with Gasteiger partial charge in [0.1, 0.15) is 14.1 Å². The van der Waals surface area contributed by atoms with Gasteiger partial charge in [-0.15, -0.1) is 11.3 Å². The van der Waals surface area contributed by atoms with Crippen molar-refractivity contribution in [3.8, 4) is 10.6 Å². The largest absolute Gasteiger partial charge is 0.511 e. The second kappa shape index (κ2) is 8.52. The average Bonchev–Trinajstić information content (AvgIpc) is 2.76. The number of halogens is 3. The summed E-state index contributed by atoms with van der Waals surface area (Å²) in [6, 6.07) is 8.25. The predicted octanol–water partition coefficient (Wildman–Crippen LogP) is 3.28. The van der Waals surface area contributed by atoms with Crippen LogP contribution in [0.2, 0.25) is 0 Å². The average molecular weight is 500 g/mol. The molecule has 4 rings (SSSR count). The molecular weight excluding hydrogens is 473 g/mol. The molecule has 1 aliphatic carbocycles. The molecule has 1 aromatic rings. The third-order valence-corrected chi connectivity index (χ3v) is 8.66. The van der Waals surface area contributed by atoms with Crippen molar-refractivity contribution in [3.05, 3.63) is 40.7 Å². The first-order chi connectivity index (χ1) is 15.4. The molecule has 0 saturated carbocycles. The van der Waals surface area contributed by atoms with E-state index in [4.69, 9.17) is 4.98 Å². The maximum atomic E-state index is 12.9. The molecule has 1 fully saturated rings. The fourth-order valence-electron chi connectivity index (χ4n) is 4.08. The smallest absolute Gasteiger partial charge is 0.369 e. The Morgan fingerprint density at radius 2 is 1.76 bits per heavy atom. The number of benzene rings is 2. The molecule has 1 saturated heterocycles. The lowest BCUT2D eigenvalue weighted by Crippen LogP contribution is -2.52. The fourth-order valence-corrected chi connectivity index (χ4v) is 6.19. The highest BCUT2D eigenvalue weighted by molar-refractivity contribution is 7.90. The fraction of sp³-hybridized carbons (Fsp3) is 0.455. The van der Waals surface area contributed by atoms with Gasteiger partial charge in [-0.05, 0) is 36.6 Å². The van der Waals surface area contributed by atoms with E-state index >= 15 is 0 Å². The van der Waals surface area contributed by atoms with Gasteiger partial charge in [0.05, 0.1) is 20.8 Å². The predicted molar refractivity (Wildman–Crippen MR) is 126 cm³/mol. The summed E-state index contributed by atoms with van der Waals surface area (Å²) in [4.78, 5) is 7.97. The van der Waals surface area contributed by atoms with Crippen LogP contribution in [-0.2, 0) is 16.4 Å². The van der Waals surface area contributed by atoms with Crippen molar-refractivity contribution >= 4 is 37.3 Å². The Balaban J connectivity index is 1.72. The van der Waals surface area contributed by atoms with Crippen molar-refractivity contribution in [3.63, 3.8) is 0 Å². The number of piperazine rings is 1. The minimum absolute atomic E-state index is 0.191. The van der Waals surface area contributed by atoms with Crippen LogP contribution >= 0.6 is 11.3 Å². The van der Waals surface area contributed by atoms with Crippen LogP contribution in [0.1, 0.15) is 18.1 Å². The van der Waals surface area contributed by atoms with Gasteiger partial charge >= 0.3 is 15.5 Å². The topological polar surface area (TPSA) is 56.5 Å². The SMILES string of the molecule is CCc1cc(=[N+](C)C)cc2sc3cc(N4CCN(S(=O)(=O)C(F)(F)F)CC4)cc(C)c3nc1-2. The van der Waals surface area contributed by atoms with E-state index in [0.717, 1.165) is 43.8 Å². The molecule has 0 amide bonds. The Kier molecular flexibility index (Phi) is 6.17. The standard InChI is InChI=1S/C22H26F3N4O2S2/c1-5-15-11-16(27(3)4)12-19-21(15)26-20-14(2)10-17(13-18(20)32-19)28-6-8-29(9-7-28)33(30,31)22(23,24)25/h10-13H,5-9H2,1-4H3/q+1. The van der Waals surface area contributed by atoms with E-state index in [2.05, 4.69) is 23.6 Å². The van der Waals surface area contributed by atoms with Gasteiger partial charge in [-0.3, -0.25) is 0 Å². The van der Waals surface area contributed by atoms with Gasteiger partial charge in [0, 0.05) is 44.0 Å². The van der Waals surface area contributed by atoms with Crippen LogP contribution < -0.4 is 14.8 Å². The number of hydrogen-bond donors (Lipinski definition) is 0. The molecule has 2 aliphatic heterocycles. The number of aryl methyl sites for hydroxylation is 2. The minimum Gasteiger partial charge on any atom is -0.369 e. The van der Waals surface area contributed by atoms with E-state index in [-0.39, 0.29) is 26.2 Å². The van der Waals surface area contributed by atoms with Gasteiger partial charge in [-0.2, -0.15) is 17.5 Å². The summed E-state index contributed by atoms with van der Waals surface area (Å²) in [5, 5.41) is 1.10. The number of fused-ring (bicyclic) bond motifs is 2. The van der Waals surface area contributed by atoms with Crippen molar-refractivity contribution < 1.29 is 21.6 Å². The van der Waals surface area contributed by atoms with E-state index in [1.807, 2.05) is 38.1 Å². The first-order valence-electron chi connectivity index (χ1n) is 10.6. The highest BCUT2D eigenvalue weighted by Gasteiger charge is 2.50. The molecule has 178 valence electrons. The Morgan fingerprint density at radius 1 is 1.09 bits per heavy atom. The Bertz CT molecular complexity index is 1350. The number of rotatable bonds is 3. The quantitative estimate of drug-likeness (QED) is 0.410. The van der Waals surface area contributed by atoms with Crippen molar-refractivity contribution in [2.45, 2.75) is 25.8 Å². The number of anilines is 1. The first-order valence-corrected chi connectivity index (χ1v) is 12.9. The third kappa shape index (κ3) is 4.33. The van der Waals surface area contributed by atoms with Crippen LogP contribution in [0, 0.1) is 6.92 Å². The second-order valence-corrected chi connectivity index (χ2v) is 11.4. The molecule has 3 aliphatic rings. The summed E-state index contributed by atoms with van der Waals surface area (Å²) >= 11 is 1.64. The van der Waals surface area contributed by atoms with Crippen molar-refractivity contribution in [1.82, 2.24) is 13.9 Å². The third-order valence-electron chi connectivity index (χ3n) is 5.97. The highest BCUT2D eigenvalue weighted by Crippen LogP contribution is 2.36. The summed E-state index contributed by atoms with van der Waals surface area (Å²) in [6.07, 6.45) is 0.867. The second-order valence-electron chi connectivity index (χ2n) is 8.36. The van der Waals surface area contributed by atoms with Crippen LogP contribution in [0.15, 0.2) is 24.3 Å². The molecule has 0 bridgehead atoms. The van der Waals surface area contributed by atoms with E-state index < -0.39 is 15.5 Å². The van der Waals surface area contributed by atoms with Crippen LogP contribution in [0.25, 0.3) is 20.8 Å². The minimum atomic E-state index is -5.30. The van der Waals surface area contributed by atoms with E-state index in [1.54, 1.807) is 11.3 Å². The molecule has 11 heteroatoms. The zero-order chi connectivity index (χ0) is 24.1. The highest BCUT2D eigenvalue weighted by atomic mass is 32.2. The normalized spacial score (nSPS) is 16.0. The molecule has 33 heavy (non-hydrogen) atoms. The maximum Gasteiger partial charge on any atom is 0.511 e. The lowest BCUT2D eigenvalue weighted by Gasteiger charge is -2.35. The van der Waals surface area contributed by atoms with Gasteiger partial charge in [0.15, 0.2) is 0 Å². The molecule has 0 unspecified atom stereocenters. The molecule has 0 radical (unpaired) electrons. The van der Waals surface area contributed by atoms with E-state index in [1.165, 1.54) is 5.56 Å². The molecule has 0 N–H and O–H groups in total. The molecular formula is C22H26F3N4O2S2+. The van der Waals surface area contributed by atoms with Gasteiger partial charge < -0.3 is 4.90 Å². The summed E-state index contributed by atoms with van der Waals surface area (Å²) in [5.74, 6) is 0. The maximum absolute atomic E-state index is 12.9. The van der Waals surface area contributed by atoms with Gasteiger partial charge in [-0.1, -0.05) is 6.92 Å². The Labute approximate surface area is 195 Å². The van der Waals surface area contributed by atoms with Crippen LogP contribution in [0.3, 0.4) is 0 Å². The lowest BCUT2D eigenvalue weighted by molar-refractivity contribution is -0.0490. The van der Waals surface area contributed by atoms with Gasteiger partial charge in [0.25, 0.3) is 0 Å². The summed E-state index contributed by atoms with van der Waals surface area (Å²) in [7, 11) is -1.29. The number of aromatic nitrogens is 1. The number of nitrogens with zero attached hydrogens (tertiary/aromatic N) is 4. The Morgan fingerprint density at radius 3 is 2.33 bits per heavy atom. The molecule has 0 aromatic heterocycles. The molecule has 6 nitrogen and oxygen atoms in total. The molecule has 0 spiro atoms. The van der Waals surface area contributed by atoms with Crippen LogP contribution in [-0.4, -0.2) is 63.5 Å². The number of alkyl halides is 3. The summed E-state index contributed by atoms with van der Waals surface area (Å²) in [5.41, 5.74) is -0.360. The zero-order valence-corrected chi connectivity index (χ0v) is 20.5. The van der Waals surface area contributed by atoms with E-state index in [0.29, 0.717) is 4.31 Å². The van der Waals surface area contributed by atoms with Crippen molar-refractivity contribution in [2.24, 2.45) is 0 Å². The first kappa shape index (κ1) is 23.9. The Hall–Kier alpha value is -2.24. The molecule has 1 aromatic carbocycles. The van der Waals surface area contributed by atoms with Crippen molar-refractivity contribution in [1.29, 1.82) is 0 Å². The summed E-state index contributed by atoms with van der Waals surface area (Å²) in [6.45, 7) is 4.06. The molecule has 0 atom stereocenters. The monoisotopic (exact) mass is 499 g/mol. The van der Waals surface area contributed by atoms with Gasteiger partial charge in [-0.25, -0.2) is 18.0 Å². The molecule has 2 heterocycles.